The van der Waals surface area contributed by atoms with Crippen molar-refractivity contribution in [2.45, 2.75) is 13.8 Å². The number of phenolic OH excluding ortho intramolecular Hbond substituents is 1. The van der Waals surface area contributed by atoms with Crippen molar-refractivity contribution in [3.05, 3.63) is 23.8 Å². The standard InChI is InChI=1S/C13H20N2O3.Pr/c1-3-15(4-2)7-8-18-13(17)11-6-5-10(14)9-12(11)16;/h5-6,9,16H,3-4,7-8,14H2,1-2H3;. The first-order valence-corrected chi connectivity index (χ1v) is 6.06. The second-order valence-corrected chi connectivity index (χ2v) is 3.94. The molecule has 5 nitrogen and oxygen atoms in total. The number of carbonyl (C=O) groups excluding carboxylic acids is 1. The van der Waals surface area contributed by atoms with E-state index in [1.54, 1.807) is 6.07 Å². The van der Waals surface area contributed by atoms with Gasteiger partial charge in [-0.05, 0) is 25.2 Å². The van der Waals surface area contributed by atoms with Crippen LogP contribution in [0.15, 0.2) is 18.2 Å². The van der Waals surface area contributed by atoms with Gasteiger partial charge in [0.25, 0.3) is 0 Å². The molecule has 0 saturated heterocycles. The fourth-order valence-corrected chi connectivity index (χ4v) is 1.61. The molecule has 6 heteroatoms. The molecule has 3 N–H and O–H groups in total. The molecule has 0 spiro atoms. The van der Waals surface area contributed by atoms with Crippen LogP contribution in [-0.4, -0.2) is 42.2 Å². The molecule has 0 atom stereocenters. The van der Waals surface area contributed by atoms with Gasteiger partial charge in [-0.15, -0.1) is 0 Å². The number of likely N-dealkylation sites (N-methyl/N-ethyl adjacent to an activating group) is 1. The molecule has 103 valence electrons. The number of nitrogen functional groups attached to an aromatic ring is 1. The zero-order valence-electron chi connectivity index (χ0n) is 11.4. The molecule has 1 radical (unpaired) electrons. The van der Waals surface area contributed by atoms with E-state index in [1.165, 1.54) is 12.1 Å². The summed E-state index contributed by atoms with van der Waals surface area (Å²) in [6, 6.07) is 4.35. The van der Waals surface area contributed by atoms with Crippen molar-refractivity contribution in [2.24, 2.45) is 0 Å². The molecule has 0 aliphatic rings. The number of nitrogens with two attached hydrogens (primary N) is 1. The first-order valence-electron chi connectivity index (χ1n) is 6.06. The first kappa shape index (κ1) is 18.6. The second-order valence-electron chi connectivity index (χ2n) is 3.94. The number of hydrogen-bond donors (Lipinski definition) is 2. The van der Waals surface area contributed by atoms with Crippen LogP contribution in [0.2, 0.25) is 0 Å². The van der Waals surface area contributed by atoms with E-state index in [4.69, 9.17) is 10.5 Å². The summed E-state index contributed by atoms with van der Waals surface area (Å²) in [5, 5.41) is 9.57. The minimum Gasteiger partial charge on any atom is -0.507 e. The van der Waals surface area contributed by atoms with Gasteiger partial charge in [0.1, 0.15) is 17.9 Å². The average Bonchev–Trinajstić information content (AvgIpc) is 2.34. The van der Waals surface area contributed by atoms with E-state index >= 15 is 0 Å². The molecule has 1 aromatic rings. The largest absolute Gasteiger partial charge is 0.507 e. The van der Waals surface area contributed by atoms with E-state index in [0.29, 0.717) is 18.8 Å². The molecule has 0 bridgehead atoms. The van der Waals surface area contributed by atoms with Crippen LogP contribution < -0.4 is 5.73 Å². The maximum absolute atomic E-state index is 11.7. The Bertz CT molecular complexity index is 409. The van der Waals surface area contributed by atoms with Crippen molar-refractivity contribution in [3.8, 4) is 5.75 Å². The van der Waals surface area contributed by atoms with Crippen molar-refractivity contribution < 1.29 is 55.9 Å². The van der Waals surface area contributed by atoms with Crippen LogP contribution in [0.25, 0.3) is 0 Å². The fraction of sp³-hybridized carbons (Fsp3) is 0.462. The van der Waals surface area contributed by atoms with Crippen LogP contribution >= 0.6 is 0 Å². The smallest absolute Gasteiger partial charge is 0.341 e. The van der Waals surface area contributed by atoms with Gasteiger partial charge >= 0.3 is 5.97 Å². The molecule has 0 amide bonds. The van der Waals surface area contributed by atoms with E-state index in [0.717, 1.165) is 13.1 Å². The van der Waals surface area contributed by atoms with Crippen LogP contribution in [0.1, 0.15) is 24.2 Å². The van der Waals surface area contributed by atoms with Crippen molar-refractivity contribution in [3.63, 3.8) is 0 Å². The number of ether oxygens (including phenoxy) is 1. The van der Waals surface area contributed by atoms with Crippen LogP contribution in [0.4, 0.5) is 5.69 Å². The van der Waals surface area contributed by atoms with Crippen molar-refractivity contribution >= 4 is 11.7 Å². The van der Waals surface area contributed by atoms with Gasteiger partial charge < -0.3 is 20.5 Å². The molecule has 19 heavy (non-hydrogen) atoms. The number of anilines is 1. The number of aromatic hydroxyl groups is 1. The maximum Gasteiger partial charge on any atom is 0.341 e. The number of esters is 1. The molecule has 0 fully saturated rings. The van der Waals surface area contributed by atoms with Crippen molar-refractivity contribution in [1.82, 2.24) is 4.90 Å². The van der Waals surface area contributed by atoms with Gasteiger partial charge in [-0.1, -0.05) is 13.8 Å². The molecular formula is C13H20N2O3Pr. The molecule has 0 aromatic heterocycles. The number of rotatable bonds is 6. The number of benzene rings is 1. The van der Waals surface area contributed by atoms with E-state index in [1.807, 2.05) is 0 Å². The van der Waals surface area contributed by atoms with Gasteiger partial charge in [-0.2, -0.15) is 0 Å². The third-order valence-corrected chi connectivity index (χ3v) is 2.78. The quantitative estimate of drug-likeness (QED) is 0.566. The normalized spacial score (nSPS) is 10.1. The SMILES string of the molecule is CCN(CC)CCOC(=O)c1ccc(N)cc1O.[Pr]. The van der Waals surface area contributed by atoms with Crippen LogP contribution in [0, 0.1) is 41.3 Å². The number of hydrogen-bond acceptors (Lipinski definition) is 5. The second kappa shape index (κ2) is 9.51. The molecule has 0 heterocycles. The third kappa shape index (κ3) is 6.06. The van der Waals surface area contributed by atoms with Crippen LogP contribution in [-0.2, 0) is 4.74 Å². The van der Waals surface area contributed by atoms with Gasteiger partial charge in [-0.25, -0.2) is 4.79 Å². The topological polar surface area (TPSA) is 75.8 Å². The molecule has 0 aliphatic carbocycles. The van der Waals surface area contributed by atoms with E-state index in [-0.39, 0.29) is 52.6 Å². The Labute approximate surface area is 147 Å². The predicted molar refractivity (Wildman–Crippen MR) is 70.6 cm³/mol. The van der Waals surface area contributed by atoms with Gasteiger partial charge in [0.15, 0.2) is 0 Å². The summed E-state index contributed by atoms with van der Waals surface area (Å²) in [5.41, 5.74) is 6.04. The minimum absolute atomic E-state index is 0. The van der Waals surface area contributed by atoms with E-state index < -0.39 is 5.97 Å². The summed E-state index contributed by atoms with van der Waals surface area (Å²) < 4.78 is 5.10. The number of nitrogens with zero attached hydrogens (tertiary/aromatic N) is 1. The third-order valence-electron chi connectivity index (χ3n) is 2.78. The Morgan fingerprint density at radius 2 is 2.00 bits per heavy atom. The monoisotopic (exact) mass is 393 g/mol. The molecule has 0 saturated carbocycles. The molecule has 1 aromatic carbocycles. The molecule has 0 aliphatic heterocycles. The summed E-state index contributed by atoms with van der Waals surface area (Å²) >= 11 is 0. The average molecular weight is 393 g/mol. The minimum atomic E-state index is -0.528. The van der Waals surface area contributed by atoms with Gasteiger partial charge in [0, 0.05) is 59.6 Å². The Hall–Kier alpha value is -0.386. The zero-order chi connectivity index (χ0) is 13.5. The first-order chi connectivity index (χ1) is 8.58. The summed E-state index contributed by atoms with van der Waals surface area (Å²) in [4.78, 5) is 13.8. The summed E-state index contributed by atoms with van der Waals surface area (Å²) in [6.45, 7) is 6.94. The van der Waals surface area contributed by atoms with Crippen LogP contribution in [0.5, 0.6) is 5.75 Å². The van der Waals surface area contributed by atoms with Gasteiger partial charge in [0.05, 0.1) is 0 Å². The summed E-state index contributed by atoms with van der Waals surface area (Å²) in [5.74, 6) is -0.678. The van der Waals surface area contributed by atoms with Gasteiger partial charge in [-0.3, -0.25) is 0 Å². The summed E-state index contributed by atoms with van der Waals surface area (Å²) in [6.07, 6.45) is 0. The van der Waals surface area contributed by atoms with E-state index in [9.17, 15) is 9.90 Å². The Kier molecular flexibility index (Phi) is 9.31. The van der Waals surface area contributed by atoms with Crippen molar-refractivity contribution in [2.75, 3.05) is 32.0 Å². The Morgan fingerprint density at radius 1 is 1.37 bits per heavy atom. The fourth-order valence-electron chi connectivity index (χ4n) is 1.61. The van der Waals surface area contributed by atoms with Crippen LogP contribution in [0.3, 0.4) is 0 Å². The summed E-state index contributed by atoms with van der Waals surface area (Å²) in [7, 11) is 0. The zero-order valence-corrected chi connectivity index (χ0v) is 15.1. The molecular weight excluding hydrogens is 373 g/mol. The number of phenols is 1. The Balaban J connectivity index is 0.00000324. The maximum atomic E-state index is 11.7. The molecule has 0 unspecified atom stereocenters. The van der Waals surface area contributed by atoms with Gasteiger partial charge in [0.2, 0.25) is 0 Å². The van der Waals surface area contributed by atoms with E-state index in [2.05, 4.69) is 18.7 Å². The Morgan fingerprint density at radius 3 is 2.53 bits per heavy atom. The van der Waals surface area contributed by atoms with Crippen molar-refractivity contribution in [1.29, 1.82) is 0 Å². The predicted octanol–water partition coefficient (Wildman–Crippen LogP) is 1.47. The molecule has 1 rings (SSSR count). The number of carbonyl (C=O) groups is 1.